The van der Waals surface area contributed by atoms with Crippen molar-refractivity contribution < 1.29 is 0 Å². The van der Waals surface area contributed by atoms with E-state index in [2.05, 4.69) is 29.2 Å². The van der Waals surface area contributed by atoms with Crippen LogP contribution in [0.2, 0.25) is 0 Å². The molecular weight excluding hydrogens is 196 g/mol. The van der Waals surface area contributed by atoms with Gasteiger partial charge in [0.15, 0.2) is 0 Å². The first kappa shape index (κ1) is 11.5. The molecule has 1 aliphatic rings. The predicted octanol–water partition coefficient (Wildman–Crippen LogP) is 2.57. The third-order valence-corrected chi connectivity index (χ3v) is 3.31. The first-order valence-corrected chi connectivity index (χ1v) is 6.44. The average molecular weight is 218 g/mol. The molecule has 0 saturated carbocycles. The summed E-state index contributed by atoms with van der Waals surface area (Å²) in [7, 11) is 0. The molecule has 0 aliphatic carbocycles. The molecule has 1 saturated heterocycles. The number of benzene rings is 1. The zero-order valence-electron chi connectivity index (χ0n) is 9.99. The van der Waals surface area contributed by atoms with E-state index in [1.165, 1.54) is 50.0 Å². The Morgan fingerprint density at radius 3 is 2.50 bits per heavy atom. The van der Waals surface area contributed by atoms with Crippen LogP contribution in [-0.4, -0.2) is 19.6 Å². The third-order valence-electron chi connectivity index (χ3n) is 3.31. The van der Waals surface area contributed by atoms with Gasteiger partial charge in [0.05, 0.1) is 0 Å². The van der Waals surface area contributed by atoms with Gasteiger partial charge in [0.2, 0.25) is 0 Å². The second kappa shape index (κ2) is 5.90. The smallest absolute Gasteiger partial charge is 0.0368 e. The van der Waals surface area contributed by atoms with E-state index in [1.807, 2.05) is 0 Å². The van der Waals surface area contributed by atoms with E-state index < -0.39 is 0 Å². The Morgan fingerprint density at radius 1 is 1.06 bits per heavy atom. The average Bonchev–Trinajstić information content (AvgIpc) is 2.58. The van der Waals surface area contributed by atoms with Crippen molar-refractivity contribution in [3.8, 4) is 0 Å². The largest absolute Gasteiger partial charge is 0.372 e. The van der Waals surface area contributed by atoms with E-state index >= 15 is 0 Å². The van der Waals surface area contributed by atoms with E-state index in [0.717, 1.165) is 13.0 Å². The molecule has 0 unspecified atom stereocenters. The zero-order chi connectivity index (χ0) is 11.2. The summed E-state index contributed by atoms with van der Waals surface area (Å²) >= 11 is 0. The molecule has 0 amide bonds. The Hall–Kier alpha value is -1.02. The first-order valence-electron chi connectivity index (χ1n) is 6.44. The maximum absolute atomic E-state index is 5.60. The van der Waals surface area contributed by atoms with Gasteiger partial charge >= 0.3 is 0 Å². The van der Waals surface area contributed by atoms with Gasteiger partial charge in [-0.3, -0.25) is 0 Å². The number of anilines is 1. The molecule has 1 aromatic carbocycles. The molecule has 1 heterocycles. The minimum absolute atomic E-state index is 0.740. The molecule has 88 valence electrons. The summed E-state index contributed by atoms with van der Waals surface area (Å²) in [6.07, 6.45) is 6.43. The zero-order valence-corrected chi connectivity index (χ0v) is 9.99. The molecule has 0 radical (unpaired) electrons. The standard InChI is InChI=1S/C14H22N2/c15-9-8-13-6-5-7-14(12-13)16-10-3-1-2-4-11-16/h5-7,12H,1-4,8-11,15H2. The molecule has 2 heteroatoms. The fourth-order valence-electron chi connectivity index (χ4n) is 2.40. The molecule has 0 bridgehead atoms. The van der Waals surface area contributed by atoms with E-state index in [-0.39, 0.29) is 0 Å². The van der Waals surface area contributed by atoms with Gasteiger partial charge in [-0.15, -0.1) is 0 Å². The Bertz CT molecular complexity index is 314. The van der Waals surface area contributed by atoms with Crippen molar-refractivity contribution in [1.29, 1.82) is 0 Å². The number of hydrogen-bond donors (Lipinski definition) is 1. The van der Waals surface area contributed by atoms with Crippen LogP contribution in [0.15, 0.2) is 24.3 Å². The number of rotatable bonds is 3. The molecule has 1 fully saturated rings. The summed E-state index contributed by atoms with van der Waals surface area (Å²) in [6.45, 7) is 3.17. The van der Waals surface area contributed by atoms with Gasteiger partial charge in [0, 0.05) is 18.8 Å². The van der Waals surface area contributed by atoms with Gasteiger partial charge in [-0.05, 0) is 43.5 Å². The lowest BCUT2D eigenvalue weighted by molar-refractivity contribution is 0.726. The summed E-state index contributed by atoms with van der Waals surface area (Å²) in [5, 5.41) is 0. The van der Waals surface area contributed by atoms with Gasteiger partial charge in [-0.2, -0.15) is 0 Å². The van der Waals surface area contributed by atoms with Crippen molar-refractivity contribution in [1.82, 2.24) is 0 Å². The van der Waals surface area contributed by atoms with Crippen molar-refractivity contribution in [3.05, 3.63) is 29.8 Å². The molecular formula is C14H22N2. The highest BCUT2D eigenvalue weighted by molar-refractivity contribution is 5.48. The van der Waals surface area contributed by atoms with Crippen LogP contribution in [0.5, 0.6) is 0 Å². The summed E-state index contributed by atoms with van der Waals surface area (Å²) in [5.41, 5.74) is 8.35. The Kier molecular flexibility index (Phi) is 4.23. The number of hydrogen-bond acceptors (Lipinski definition) is 2. The Morgan fingerprint density at radius 2 is 1.81 bits per heavy atom. The van der Waals surface area contributed by atoms with Crippen LogP contribution >= 0.6 is 0 Å². The maximum Gasteiger partial charge on any atom is 0.0368 e. The highest BCUT2D eigenvalue weighted by atomic mass is 15.1. The van der Waals surface area contributed by atoms with Crippen LogP contribution in [0.4, 0.5) is 5.69 Å². The second-order valence-electron chi connectivity index (χ2n) is 4.61. The Balaban J connectivity index is 2.08. The minimum atomic E-state index is 0.740. The van der Waals surface area contributed by atoms with Crippen LogP contribution in [0, 0.1) is 0 Å². The van der Waals surface area contributed by atoms with Crippen molar-refractivity contribution in [2.75, 3.05) is 24.5 Å². The van der Waals surface area contributed by atoms with Crippen molar-refractivity contribution in [3.63, 3.8) is 0 Å². The van der Waals surface area contributed by atoms with Crippen LogP contribution in [-0.2, 0) is 6.42 Å². The topological polar surface area (TPSA) is 29.3 Å². The van der Waals surface area contributed by atoms with Crippen LogP contribution < -0.4 is 10.6 Å². The minimum Gasteiger partial charge on any atom is -0.372 e. The summed E-state index contributed by atoms with van der Waals surface area (Å²) in [6, 6.07) is 8.86. The van der Waals surface area contributed by atoms with E-state index in [4.69, 9.17) is 5.73 Å². The van der Waals surface area contributed by atoms with E-state index in [1.54, 1.807) is 0 Å². The third kappa shape index (κ3) is 2.99. The summed E-state index contributed by atoms with van der Waals surface area (Å²) in [5.74, 6) is 0. The molecule has 1 aromatic rings. The Labute approximate surface area is 98.4 Å². The maximum atomic E-state index is 5.60. The van der Waals surface area contributed by atoms with Crippen LogP contribution in [0.1, 0.15) is 31.2 Å². The molecule has 2 rings (SSSR count). The second-order valence-corrected chi connectivity index (χ2v) is 4.61. The van der Waals surface area contributed by atoms with Crippen LogP contribution in [0.3, 0.4) is 0 Å². The number of nitrogens with two attached hydrogens (primary N) is 1. The van der Waals surface area contributed by atoms with Gasteiger partial charge in [0.25, 0.3) is 0 Å². The fraction of sp³-hybridized carbons (Fsp3) is 0.571. The lowest BCUT2D eigenvalue weighted by Gasteiger charge is -2.23. The SMILES string of the molecule is NCCc1cccc(N2CCCCCC2)c1. The highest BCUT2D eigenvalue weighted by Gasteiger charge is 2.09. The summed E-state index contributed by atoms with van der Waals surface area (Å²) in [4.78, 5) is 2.52. The molecule has 0 aromatic heterocycles. The highest BCUT2D eigenvalue weighted by Crippen LogP contribution is 2.20. The van der Waals surface area contributed by atoms with Gasteiger partial charge in [0.1, 0.15) is 0 Å². The number of nitrogens with zero attached hydrogens (tertiary/aromatic N) is 1. The quantitative estimate of drug-likeness (QED) is 0.845. The fourth-order valence-corrected chi connectivity index (χ4v) is 2.40. The van der Waals surface area contributed by atoms with Gasteiger partial charge in [-0.25, -0.2) is 0 Å². The summed E-state index contributed by atoms with van der Waals surface area (Å²) < 4.78 is 0. The first-order chi connectivity index (χ1) is 7.90. The molecule has 16 heavy (non-hydrogen) atoms. The predicted molar refractivity (Wildman–Crippen MR) is 69.9 cm³/mol. The molecule has 2 nitrogen and oxygen atoms in total. The van der Waals surface area contributed by atoms with Crippen molar-refractivity contribution in [2.45, 2.75) is 32.1 Å². The van der Waals surface area contributed by atoms with Crippen molar-refractivity contribution in [2.24, 2.45) is 5.73 Å². The molecule has 1 aliphatic heterocycles. The van der Waals surface area contributed by atoms with Crippen molar-refractivity contribution >= 4 is 5.69 Å². The van der Waals surface area contributed by atoms with Crippen LogP contribution in [0.25, 0.3) is 0 Å². The normalized spacial score (nSPS) is 17.2. The van der Waals surface area contributed by atoms with E-state index in [0.29, 0.717) is 0 Å². The molecule has 0 atom stereocenters. The molecule has 2 N–H and O–H groups in total. The monoisotopic (exact) mass is 218 g/mol. The van der Waals surface area contributed by atoms with Gasteiger partial charge < -0.3 is 10.6 Å². The lowest BCUT2D eigenvalue weighted by Crippen LogP contribution is -2.23. The lowest BCUT2D eigenvalue weighted by atomic mass is 10.1. The molecule has 0 spiro atoms. The van der Waals surface area contributed by atoms with E-state index in [9.17, 15) is 0 Å². The van der Waals surface area contributed by atoms with Gasteiger partial charge in [-0.1, -0.05) is 25.0 Å².